The predicted molar refractivity (Wildman–Crippen MR) is 61.5 cm³/mol. The van der Waals surface area contributed by atoms with E-state index in [9.17, 15) is 4.79 Å². The first-order valence-electron chi connectivity index (χ1n) is 5.52. The minimum absolute atomic E-state index is 0.172. The number of ether oxygens (including phenoxy) is 2. The van der Waals surface area contributed by atoms with Gasteiger partial charge in [-0.25, -0.2) is 4.79 Å². The van der Waals surface area contributed by atoms with Crippen LogP contribution in [0.5, 0.6) is 0 Å². The quantitative estimate of drug-likeness (QED) is 0.455. The Labute approximate surface area is 100 Å². The smallest absolute Gasteiger partial charge is 0.407 e. The summed E-state index contributed by atoms with van der Waals surface area (Å²) in [6, 6.07) is -0.400. The number of nitrogens with one attached hydrogen (secondary N) is 1. The van der Waals surface area contributed by atoms with Crippen LogP contribution in [0.2, 0.25) is 0 Å². The van der Waals surface area contributed by atoms with Crippen molar-refractivity contribution in [2.24, 2.45) is 5.11 Å². The second-order valence-corrected chi connectivity index (χ2v) is 4.98. The topological polar surface area (TPSA) is 96.3 Å². The van der Waals surface area contributed by atoms with E-state index in [2.05, 4.69) is 15.3 Å². The van der Waals surface area contributed by atoms with Crippen LogP contribution in [0.15, 0.2) is 5.11 Å². The van der Waals surface area contributed by atoms with Gasteiger partial charge >= 0.3 is 6.09 Å². The zero-order valence-electron chi connectivity index (χ0n) is 10.3. The number of amides is 1. The van der Waals surface area contributed by atoms with E-state index < -0.39 is 11.7 Å². The molecule has 1 heterocycles. The highest BCUT2D eigenvalue weighted by Gasteiger charge is 2.25. The molecule has 1 N–H and O–H groups in total. The third-order valence-electron chi connectivity index (χ3n) is 2.12. The second kappa shape index (κ2) is 5.75. The van der Waals surface area contributed by atoms with Crippen molar-refractivity contribution in [3.63, 3.8) is 0 Å². The maximum absolute atomic E-state index is 11.5. The Balaban J connectivity index is 2.41. The van der Waals surface area contributed by atoms with Gasteiger partial charge in [0.2, 0.25) is 0 Å². The predicted octanol–water partition coefficient (Wildman–Crippen LogP) is 1.98. The van der Waals surface area contributed by atoms with Crippen LogP contribution < -0.4 is 5.32 Å². The number of hydrogen-bond acceptors (Lipinski definition) is 4. The molecule has 17 heavy (non-hydrogen) atoms. The highest BCUT2D eigenvalue weighted by molar-refractivity contribution is 5.68. The van der Waals surface area contributed by atoms with Crippen LogP contribution in [0, 0.1) is 0 Å². The summed E-state index contributed by atoms with van der Waals surface area (Å²) >= 11 is 0. The summed E-state index contributed by atoms with van der Waals surface area (Å²) in [5.74, 6) is 0. The molecule has 1 saturated heterocycles. The van der Waals surface area contributed by atoms with E-state index in [1.165, 1.54) is 0 Å². The van der Waals surface area contributed by atoms with Crippen molar-refractivity contribution >= 4 is 6.09 Å². The number of azide groups is 1. The normalized spacial score (nSPS) is 24.6. The average Bonchev–Trinajstić information content (AvgIpc) is 2.15. The first kappa shape index (κ1) is 13.6. The second-order valence-electron chi connectivity index (χ2n) is 4.98. The van der Waals surface area contributed by atoms with E-state index in [1.54, 1.807) is 20.8 Å². The average molecular weight is 242 g/mol. The van der Waals surface area contributed by atoms with Gasteiger partial charge in [0.25, 0.3) is 0 Å². The van der Waals surface area contributed by atoms with Crippen LogP contribution in [0.3, 0.4) is 0 Å². The molecule has 1 aliphatic rings. The van der Waals surface area contributed by atoms with Crippen LogP contribution in [-0.4, -0.2) is 37.0 Å². The van der Waals surface area contributed by atoms with Gasteiger partial charge in [0.1, 0.15) is 5.60 Å². The number of alkyl carbamates (subject to hydrolysis) is 1. The Bertz CT molecular complexity index is 320. The van der Waals surface area contributed by atoms with Crippen molar-refractivity contribution < 1.29 is 14.3 Å². The van der Waals surface area contributed by atoms with Gasteiger partial charge in [-0.15, -0.1) is 0 Å². The molecule has 96 valence electrons. The zero-order chi connectivity index (χ0) is 12.9. The molecule has 1 amide bonds. The van der Waals surface area contributed by atoms with Crippen LogP contribution in [0.25, 0.3) is 10.4 Å². The summed E-state index contributed by atoms with van der Waals surface area (Å²) in [5.41, 5.74) is 7.81. The molecule has 7 heteroatoms. The Hall–Kier alpha value is -1.46. The first-order valence-corrected chi connectivity index (χ1v) is 5.52. The molecule has 2 unspecified atom stereocenters. The molecule has 0 spiro atoms. The maximum atomic E-state index is 11.5. The molecule has 0 saturated carbocycles. The fourth-order valence-electron chi connectivity index (χ4n) is 1.54. The van der Waals surface area contributed by atoms with E-state index in [1.807, 2.05) is 0 Å². The molecular formula is C10H18N4O3. The van der Waals surface area contributed by atoms with Gasteiger partial charge in [-0.3, -0.25) is 0 Å². The lowest BCUT2D eigenvalue weighted by atomic mass is 10.1. The highest BCUT2D eigenvalue weighted by Crippen LogP contribution is 2.12. The molecule has 0 aromatic carbocycles. The molecule has 0 radical (unpaired) electrons. The monoisotopic (exact) mass is 242 g/mol. The van der Waals surface area contributed by atoms with E-state index >= 15 is 0 Å². The van der Waals surface area contributed by atoms with Gasteiger partial charge in [0.05, 0.1) is 25.3 Å². The lowest BCUT2D eigenvalue weighted by molar-refractivity contribution is 0.0301. The molecule has 1 rings (SSSR count). The number of carbonyl (C=O) groups excluding carboxylic acids is 1. The SMILES string of the molecule is CC(C)(C)OC(=O)NC1COCC(N=[N+]=[N-])C1. The van der Waals surface area contributed by atoms with Crippen LogP contribution >= 0.6 is 0 Å². The Morgan fingerprint density at radius 3 is 2.82 bits per heavy atom. The van der Waals surface area contributed by atoms with Crippen LogP contribution in [-0.2, 0) is 9.47 Å². The van der Waals surface area contributed by atoms with E-state index in [4.69, 9.17) is 15.0 Å². The van der Waals surface area contributed by atoms with Gasteiger partial charge in [0.15, 0.2) is 0 Å². The summed E-state index contributed by atoms with van der Waals surface area (Å²) in [7, 11) is 0. The Morgan fingerprint density at radius 1 is 1.53 bits per heavy atom. The van der Waals surface area contributed by atoms with E-state index in [0.29, 0.717) is 19.6 Å². The molecule has 1 aliphatic heterocycles. The van der Waals surface area contributed by atoms with Gasteiger partial charge in [0, 0.05) is 4.91 Å². The fourth-order valence-corrected chi connectivity index (χ4v) is 1.54. The summed E-state index contributed by atoms with van der Waals surface area (Å²) in [6.07, 6.45) is 0.0937. The van der Waals surface area contributed by atoms with E-state index in [-0.39, 0.29) is 12.1 Å². The Kier molecular flexibility index (Phi) is 4.60. The van der Waals surface area contributed by atoms with Crippen molar-refractivity contribution in [1.82, 2.24) is 5.32 Å². The zero-order valence-corrected chi connectivity index (χ0v) is 10.3. The lowest BCUT2D eigenvalue weighted by Gasteiger charge is -2.28. The molecule has 0 bridgehead atoms. The minimum atomic E-state index is -0.524. The van der Waals surface area contributed by atoms with Crippen LogP contribution in [0.1, 0.15) is 27.2 Å². The molecule has 1 fully saturated rings. The molecule has 0 aromatic rings. The van der Waals surface area contributed by atoms with Crippen molar-refractivity contribution in [1.29, 1.82) is 0 Å². The Morgan fingerprint density at radius 2 is 2.24 bits per heavy atom. The minimum Gasteiger partial charge on any atom is -0.444 e. The molecule has 0 aliphatic carbocycles. The summed E-state index contributed by atoms with van der Waals surface area (Å²) < 4.78 is 10.4. The number of rotatable bonds is 2. The third-order valence-corrected chi connectivity index (χ3v) is 2.12. The summed E-state index contributed by atoms with van der Waals surface area (Å²) in [4.78, 5) is 14.2. The third kappa shape index (κ3) is 5.42. The molecule has 0 aromatic heterocycles. The van der Waals surface area contributed by atoms with Gasteiger partial charge < -0.3 is 14.8 Å². The molecular weight excluding hydrogens is 224 g/mol. The largest absolute Gasteiger partial charge is 0.444 e. The van der Waals surface area contributed by atoms with Crippen molar-refractivity contribution in [3.8, 4) is 0 Å². The number of hydrogen-bond donors (Lipinski definition) is 1. The van der Waals surface area contributed by atoms with Crippen molar-refractivity contribution in [3.05, 3.63) is 10.4 Å². The maximum Gasteiger partial charge on any atom is 0.407 e. The van der Waals surface area contributed by atoms with Gasteiger partial charge in [-0.2, -0.15) is 0 Å². The van der Waals surface area contributed by atoms with Gasteiger partial charge in [-0.1, -0.05) is 5.11 Å². The molecule has 7 nitrogen and oxygen atoms in total. The summed E-state index contributed by atoms with van der Waals surface area (Å²) in [5, 5.41) is 6.27. The van der Waals surface area contributed by atoms with Crippen LogP contribution in [0.4, 0.5) is 4.79 Å². The number of carbonyl (C=O) groups is 1. The number of nitrogens with zero attached hydrogens (tertiary/aromatic N) is 3. The highest BCUT2D eigenvalue weighted by atomic mass is 16.6. The lowest BCUT2D eigenvalue weighted by Crippen LogP contribution is -2.46. The van der Waals surface area contributed by atoms with E-state index in [0.717, 1.165) is 0 Å². The fraction of sp³-hybridized carbons (Fsp3) is 0.900. The summed E-state index contributed by atoms with van der Waals surface area (Å²) in [6.45, 7) is 6.21. The van der Waals surface area contributed by atoms with Crippen molar-refractivity contribution in [2.75, 3.05) is 13.2 Å². The van der Waals surface area contributed by atoms with Crippen molar-refractivity contribution in [2.45, 2.75) is 44.9 Å². The molecule has 2 atom stereocenters. The van der Waals surface area contributed by atoms with Gasteiger partial charge in [-0.05, 0) is 32.7 Å². The first-order chi connectivity index (χ1) is 7.90. The standard InChI is InChI=1S/C10H18N4O3/c1-10(2,3)17-9(15)12-7-4-8(13-14-11)6-16-5-7/h7-8H,4-6H2,1-3H3,(H,12,15).